The standard InChI is InChI=1S/C10H20N.W/c1-10(2,3)9-5-4-7-11-8-6-9;/h9H,4-8H2,1-3H3;/q-1;. The molecule has 0 aromatic carbocycles. The van der Waals surface area contributed by atoms with E-state index in [9.17, 15) is 0 Å². The Bertz CT molecular complexity index is 109. The van der Waals surface area contributed by atoms with Crippen LogP contribution in [0.5, 0.6) is 0 Å². The fourth-order valence-corrected chi connectivity index (χ4v) is 1.82. The van der Waals surface area contributed by atoms with E-state index in [0.29, 0.717) is 5.41 Å². The smallest absolute Gasteiger partial charge is 0 e. The maximum atomic E-state index is 4.43. The molecule has 2 heteroatoms. The first kappa shape index (κ1) is 12.6. The van der Waals surface area contributed by atoms with Crippen molar-refractivity contribution < 1.29 is 21.1 Å². The van der Waals surface area contributed by atoms with Crippen LogP contribution in [0.4, 0.5) is 0 Å². The van der Waals surface area contributed by atoms with Gasteiger partial charge in [0.25, 0.3) is 0 Å². The van der Waals surface area contributed by atoms with Crippen molar-refractivity contribution >= 4 is 0 Å². The van der Waals surface area contributed by atoms with Gasteiger partial charge < -0.3 is 5.32 Å². The molecule has 0 amide bonds. The molecule has 0 aliphatic carbocycles. The second-order valence-electron chi connectivity index (χ2n) is 4.66. The molecule has 1 fully saturated rings. The average molecular weight is 338 g/mol. The van der Waals surface area contributed by atoms with Gasteiger partial charge in [-0.05, 0) is 11.3 Å². The van der Waals surface area contributed by atoms with E-state index in [1.165, 1.54) is 19.3 Å². The number of rotatable bonds is 0. The summed E-state index contributed by atoms with van der Waals surface area (Å²) in [5, 5.41) is 4.43. The topological polar surface area (TPSA) is 14.1 Å². The van der Waals surface area contributed by atoms with Gasteiger partial charge >= 0.3 is 0 Å². The molecule has 0 aromatic heterocycles. The molecule has 1 aliphatic rings. The van der Waals surface area contributed by atoms with E-state index in [1.807, 2.05) is 0 Å². The molecule has 0 saturated carbocycles. The van der Waals surface area contributed by atoms with E-state index in [-0.39, 0.29) is 21.1 Å². The third-order valence-corrected chi connectivity index (χ3v) is 2.73. The Morgan fingerprint density at radius 3 is 2.33 bits per heavy atom. The van der Waals surface area contributed by atoms with Gasteiger partial charge in [0.2, 0.25) is 0 Å². The molecular formula is C10H20NW-. The molecule has 1 atom stereocenters. The van der Waals surface area contributed by atoms with Gasteiger partial charge in [-0.1, -0.05) is 40.0 Å². The summed E-state index contributed by atoms with van der Waals surface area (Å²) in [6.07, 6.45) is 4.00. The molecule has 0 radical (unpaired) electrons. The fourth-order valence-electron chi connectivity index (χ4n) is 1.82. The second-order valence-corrected chi connectivity index (χ2v) is 4.66. The largest absolute Gasteiger partial charge is 0.662 e. The van der Waals surface area contributed by atoms with Gasteiger partial charge in [0.15, 0.2) is 0 Å². The Morgan fingerprint density at radius 2 is 1.75 bits per heavy atom. The minimum Gasteiger partial charge on any atom is -0.662 e. The van der Waals surface area contributed by atoms with Crippen molar-refractivity contribution in [3.05, 3.63) is 5.32 Å². The summed E-state index contributed by atoms with van der Waals surface area (Å²) in [6, 6.07) is 0. The first-order valence-electron chi connectivity index (χ1n) is 4.74. The van der Waals surface area contributed by atoms with Crippen LogP contribution in [0.25, 0.3) is 5.32 Å². The van der Waals surface area contributed by atoms with Crippen LogP contribution < -0.4 is 0 Å². The summed E-state index contributed by atoms with van der Waals surface area (Å²) in [5.74, 6) is 0.897. The Balaban J connectivity index is 0.00000121. The van der Waals surface area contributed by atoms with Gasteiger partial charge in [-0.3, -0.25) is 0 Å². The maximum Gasteiger partial charge on any atom is 0 e. The van der Waals surface area contributed by atoms with Crippen LogP contribution in [0, 0.1) is 11.3 Å². The van der Waals surface area contributed by atoms with E-state index >= 15 is 0 Å². The molecule has 0 spiro atoms. The monoisotopic (exact) mass is 338 g/mol. The van der Waals surface area contributed by atoms with E-state index in [4.69, 9.17) is 0 Å². The van der Waals surface area contributed by atoms with Crippen molar-refractivity contribution in [3.8, 4) is 0 Å². The zero-order valence-electron chi connectivity index (χ0n) is 8.47. The zero-order chi connectivity index (χ0) is 8.32. The third kappa shape index (κ3) is 4.05. The molecule has 1 nitrogen and oxygen atoms in total. The van der Waals surface area contributed by atoms with E-state index in [2.05, 4.69) is 26.1 Å². The predicted octanol–water partition coefficient (Wildman–Crippen LogP) is 3.20. The fraction of sp³-hybridized carbons (Fsp3) is 1.00. The molecular weight excluding hydrogens is 318 g/mol. The summed E-state index contributed by atoms with van der Waals surface area (Å²) in [7, 11) is 0. The van der Waals surface area contributed by atoms with E-state index in [1.54, 1.807) is 0 Å². The third-order valence-electron chi connectivity index (χ3n) is 2.73. The summed E-state index contributed by atoms with van der Waals surface area (Å²) in [6.45, 7) is 9.25. The van der Waals surface area contributed by atoms with Crippen molar-refractivity contribution in [2.75, 3.05) is 13.1 Å². The number of hydrogen-bond donors (Lipinski definition) is 0. The molecule has 0 N–H and O–H groups in total. The summed E-state index contributed by atoms with van der Waals surface area (Å²) >= 11 is 0. The van der Waals surface area contributed by atoms with Gasteiger partial charge in [0.1, 0.15) is 0 Å². The van der Waals surface area contributed by atoms with Gasteiger partial charge in [-0.25, -0.2) is 0 Å². The van der Waals surface area contributed by atoms with Crippen LogP contribution in [0.1, 0.15) is 40.0 Å². The van der Waals surface area contributed by atoms with E-state index < -0.39 is 0 Å². The van der Waals surface area contributed by atoms with Crippen molar-refractivity contribution in [3.63, 3.8) is 0 Å². The summed E-state index contributed by atoms with van der Waals surface area (Å²) in [5.41, 5.74) is 0.500. The normalized spacial score (nSPS) is 25.8. The van der Waals surface area contributed by atoms with Gasteiger partial charge in [0, 0.05) is 21.1 Å². The molecule has 1 unspecified atom stereocenters. The number of nitrogens with zero attached hydrogens (tertiary/aromatic N) is 1. The molecule has 1 aliphatic heterocycles. The molecule has 1 heterocycles. The Hall–Kier alpha value is 0.648. The SMILES string of the molecule is CC(C)(C)C1CCC[N-]CC1.[W]. The Kier molecular flexibility index (Phi) is 5.69. The predicted molar refractivity (Wildman–Crippen MR) is 49.9 cm³/mol. The molecule has 1 saturated heterocycles. The van der Waals surface area contributed by atoms with Crippen LogP contribution in [0.2, 0.25) is 0 Å². The zero-order valence-corrected chi connectivity index (χ0v) is 11.4. The number of hydrogen-bond acceptors (Lipinski definition) is 0. The molecule has 0 bridgehead atoms. The minimum atomic E-state index is 0. The van der Waals surface area contributed by atoms with Crippen molar-refractivity contribution in [2.45, 2.75) is 40.0 Å². The molecule has 0 aromatic rings. The Labute approximate surface area is 91.0 Å². The van der Waals surface area contributed by atoms with Crippen LogP contribution in [0.3, 0.4) is 0 Å². The summed E-state index contributed by atoms with van der Waals surface area (Å²) < 4.78 is 0. The first-order valence-corrected chi connectivity index (χ1v) is 4.74. The van der Waals surface area contributed by atoms with Crippen LogP contribution in [-0.4, -0.2) is 13.1 Å². The van der Waals surface area contributed by atoms with Crippen LogP contribution >= 0.6 is 0 Å². The van der Waals surface area contributed by atoms with Gasteiger partial charge in [-0.2, -0.15) is 0 Å². The van der Waals surface area contributed by atoms with Crippen molar-refractivity contribution in [1.82, 2.24) is 0 Å². The Morgan fingerprint density at radius 1 is 1.08 bits per heavy atom. The average Bonchev–Trinajstić information content (AvgIpc) is 2.10. The first-order chi connectivity index (χ1) is 5.11. The molecule has 1 rings (SSSR count). The maximum absolute atomic E-state index is 4.43. The second kappa shape index (κ2) is 5.39. The molecule has 72 valence electrons. The summed E-state index contributed by atoms with van der Waals surface area (Å²) in [4.78, 5) is 0. The van der Waals surface area contributed by atoms with E-state index in [0.717, 1.165) is 19.0 Å². The molecule has 12 heavy (non-hydrogen) atoms. The minimum absolute atomic E-state index is 0. The quantitative estimate of drug-likeness (QED) is 0.644. The van der Waals surface area contributed by atoms with Crippen molar-refractivity contribution in [2.24, 2.45) is 11.3 Å². The van der Waals surface area contributed by atoms with Gasteiger partial charge in [-0.15, -0.1) is 13.1 Å². The van der Waals surface area contributed by atoms with Crippen LogP contribution in [-0.2, 0) is 21.1 Å². The van der Waals surface area contributed by atoms with Crippen LogP contribution in [0.15, 0.2) is 0 Å². The van der Waals surface area contributed by atoms with Crippen molar-refractivity contribution in [1.29, 1.82) is 0 Å². The van der Waals surface area contributed by atoms with Gasteiger partial charge in [0.05, 0.1) is 0 Å².